The smallest absolute Gasteiger partial charge is 0.386 e. The van der Waals surface area contributed by atoms with Crippen molar-refractivity contribution in [2.45, 2.75) is 5.92 Å². The largest absolute Gasteiger partial charge is 0.476 e. The highest BCUT2D eigenvalue weighted by Crippen LogP contribution is 2.34. The normalized spacial score (nSPS) is 10.8. The van der Waals surface area contributed by atoms with Crippen molar-refractivity contribution in [3.63, 3.8) is 0 Å². The summed E-state index contributed by atoms with van der Waals surface area (Å²) in [6.45, 7) is 0. The number of halogens is 3. The van der Waals surface area contributed by atoms with Gasteiger partial charge in [-0.25, -0.2) is 9.78 Å². The number of aromatic nitrogens is 1. The zero-order chi connectivity index (χ0) is 14.8. The fourth-order valence-electron chi connectivity index (χ4n) is 1.34. The van der Waals surface area contributed by atoms with Crippen molar-refractivity contribution in [1.82, 2.24) is 4.98 Å². The Hall–Kier alpha value is -1.97. The number of carboxylic acids is 1. The number of alkyl halides is 2. The lowest BCUT2D eigenvalue weighted by Gasteiger charge is -2.07. The zero-order valence-corrected chi connectivity index (χ0v) is 11.3. The van der Waals surface area contributed by atoms with Crippen molar-refractivity contribution in [2.24, 2.45) is 0 Å². The second-order valence-corrected chi connectivity index (χ2v) is 5.22. The Labute approximate surface area is 121 Å². The Balaban J connectivity index is 2.45. The van der Waals surface area contributed by atoms with E-state index in [2.05, 4.69) is 16.8 Å². The molecule has 0 amide bonds. The van der Waals surface area contributed by atoms with Gasteiger partial charge < -0.3 is 5.11 Å². The van der Waals surface area contributed by atoms with Crippen LogP contribution in [-0.4, -0.2) is 16.1 Å². The molecule has 2 aromatic rings. The van der Waals surface area contributed by atoms with Gasteiger partial charge in [0.15, 0.2) is 4.47 Å². The lowest BCUT2D eigenvalue weighted by Crippen LogP contribution is -2.26. The first-order valence-electron chi connectivity index (χ1n) is 5.26. The second-order valence-electron chi connectivity index (χ2n) is 3.64. The molecule has 0 radical (unpaired) electrons. The van der Waals surface area contributed by atoms with Gasteiger partial charge in [-0.1, -0.05) is 47.1 Å². The second kappa shape index (κ2) is 5.57. The highest BCUT2D eigenvalue weighted by atomic mass is 35.5. The van der Waals surface area contributed by atoms with Gasteiger partial charge >= 0.3 is 11.9 Å². The summed E-state index contributed by atoms with van der Waals surface area (Å²) in [4.78, 5) is 13.8. The van der Waals surface area contributed by atoms with Crippen LogP contribution in [0.5, 0.6) is 0 Å². The van der Waals surface area contributed by atoms with Crippen LogP contribution >= 0.6 is 22.9 Å². The van der Waals surface area contributed by atoms with E-state index in [4.69, 9.17) is 16.7 Å². The summed E-state index contributed by atoms with van der Waals surface area (Å²) in [5.74, 6) is -1.26. The third kappa shape index (κ3) is 2.95. The first-order chi connectivity index (χ1) is 9.41. The van der Waals surface area contributed by atoms with Crippen LogP contribution in [0.2, 0.25) is 4.47 Å². The van der Waals surface area contributed by atoms with Crippen LogP contribution in [-0.2, 0) is 10.7 Å². The summed E-state index contributed by atoms with van der Waals surface area (Å²) < 4.78 is 26.8. The first-order valence-corrected chi connectivity index (χ1v) is 6.46. The summed E-state index contributed by atoms with van der Waals surface area (Å²) in [6.07, 6.45) is 0. The minimum Gasteiger partial charge on any atom is -0.476 e. The molecule has 1 heterocycles. The van der Waals surface area contributed by atoms with Crippen molar-refractivity contribution in [1.29, 1.82) is 0 Å². The summed E-state index contributed by atoms with van der Waals surface area (Å²) >= 11 is 6.29. The lowest BCUT2D eigenvalue weighted by atomic mass is 10.2. The van der Waals surface area contributed by atoms with Crippen LogP contribution in [0.4, 0.5) is 8.78 Å². The Kier molecular flexibility index (Phi) is 4.02. The Morgan fingerprint density at radius 2 is 1.95 bits per heavy atom. The Bertz CT molecular complexity index is 704. The number of thiazole rings is 1. The summed E-state index contributed by atoms with van der Waals surface area (Å²) in [6, 6.07) is 8.68. The maximum absolute atomic E-state index is 13.5. The van der Waals surface area contributed by atoms with Gasteiger partial charge in [-0.2, -0.15) is 8.78 Å². The number of hydrogen-bond donors (Lipinski definition) is 1. The van der Waals surface area contributed by atoms with E-state index in [0.29, 0.717) is 16.9 Å². The van der Waals surface area contributed by atoms with Crippen LogP contribution in [0, 0.1) is 11.8 Å². The molecule has 1 N–H and O–H groups in total. The van der Waals surface area contributed by atoms with E-state index in [1.807, 2.05) is 0 Å². The van der Waals surface area contributed by atoms with Gasteiger partial charge in [0.1, 0.15) is 10.6 Å². The van der Waals surface area contributed by atoms with E-state index in [9.17, 15) is 13.6 Å². The molecular formula is C13H6ClF2NO2S. The van der Waals surface area contributed by atoms with Crippen molar-refractivity contribution in [2.75, 3.05) is 0 Å². The van der Waals surface area contributed by atoms with E-state index in [0.717, 1.165) is 0 Å². The van der Waals surface area contributed by atoms with Crippen LogP contribution in [0.1, 0.15) is 16.1 Å². The van der Waals surface area contributed by atoms with Gasteiger partial charge in [-0.3, -0.25) is 0 Å². The molecule has 0 bridgehead atoms. The average molecular weight is 314 g/mol. The first kappa shape index (κ1) is 14.4. The SMILES string of the molecule is O=C(O)C(F)(F)c1nc(Cl)sc1C#Cc1ccccc1. The molecule has 0 spiro atoms. The molecule has 0 fully saturated rings. The van der Waals surface area contributed by atoms with Gasteiger partial charge in [0, 0.05) is 5.56 Å². The molecule has 0 atom stereocenters. The fraction of sp³-hybridized carbons (Fsp3) is 0.0769. The quantitative estimate of drug-likeness (QED) is 0.865. The topological polar surface area (TPSA) is 50.2 Å². The van der Waals surface area contributed by atoms with Gasteiger partial charge in [0.05, 0.1) is 0 Å². The molecule has 0 unspecified atom stereocenters. The number of rotatable bonds is 2. The van der Waals surface area contributed by atoms with Crippen LogP contribution < -0.4 is 0 Å². The van der Waals surface area contributed by atoms with Gasteiger partial charge in [-0.05, 0) is 18.1 Å². The molecule has 1 aromatic heterocycles. The number of hydrogen-bond acceptors (Lipinski definition) is 3. The minimum atomic E-state index is -4.12. The number of benzene rings is 1. The highest BCUT2D eigenvalue weighted by Gasteiger charge is 2.45. The van der Waals surface area contributed by atoms with E-state index in [1.165, 1.54) is 0 Å². The summed E-state index contributed by atoms with van der Waals surface area (Å²) in [5, 5.41) is 8.54. The third-order valence-corrected chi connectivity index (χ3v) is 3.34. The molecule has 102 valence electrons. The molecule has 0 aliphatic carbocycles. The third-order valence-electron chi connectivity index (χ3n) is 2.26. The maximum atomic E-state index is 13.5. The molecule has 20 heavy (non-hydrogen) atoms. The van der Waals surface area contributed by atoms with E-state index in [-0.39, 0.29) is 9.34 Å². The molecule has 0 saturated carbocycles. The van der Waals surface area contributed by atoms with E-state index < -0.39 is 17.6 Å². The number of aliphatic carboxylic acids is 1. The van der Waals surface area contributed by atoms with Crippen molar-refractivity contribution in [3.05, 3.63) is 50.9 Å². The van der Waals surface area contributed by atoms with Gasteiger partial charge in [0.25, 0.3) is 0 Å². The molecular weight excluding hydrogens is 308 g/mol. The molecule has 3 nitrogen and oxygen atoms in total. The average Bonchev–Trinajstić information content (AvgIpc) is 2.79. The van der Waals surface area contributed by atoms with Crippen molar-refractivity contribution in [3.8, 4) is 11.8 Å². The molecule has 0 aliphatic rings. The number of carbonyl (C=O) groups is 1. The highest BCUT2D eigenvalue weighted by molar-refractivity contribution is 7.16. The predicted molar refractivity (Wildman–Crippen MR) is 71.1 cm³/mol. The van der Waals surface area contributed by atoms with Crippen molar-refractivity contribution >= 4 is 28.9 Å². The number of carboxylic acid groups (broad SMARTS) is 1. The fourth-order valence-corrected chi connectivity index (χ4v) is 2.34. The van der Waals surface area contributed by atoms with Crippen LogP contribution in [0.15, 0.2) is 30.3 Å². The maximum Gasteiger partial charge on any atom is 0.386 e. The van der Waals surface area contributed by atoms with Crippen LogP contribution in [0.25, 0.3) is 0 Å². The Morgan fingerprint density at radius 1 is 1.30 bits per heavy atom. The minimum absolute atomic E-state index is 0.161. The van der Waals surface area contributed by atoms with E-state index in [1.54, 1.807) is 30.3 Å². The summed E-state index contributed by atoms with van der Waals surface area (Å²) in [5.41, 5.74) is -0.315. The lowest BCUT2D eigenvalue weighted by molar-refractivity contribution is -0.166. The zero-order valence-electron chi connectivity index (χ0n) is 9.73. The Morgan fingerprint density at radius 3 is 2.55 bits per heavy atom. The molecule has 0 saturated heterocycles. The number of nitrogens with zero attached hydrogens (tertiary/aromatic N) is 1. The van der Waals surface area contributed by atoms with Crippen LogP contribution in [0.3, 0.4) is 0 Å². The summed E-state index contributed by atoms with van der Waals surface area (Å²) in [7, 11) is 0. The standard InChI is InChI=1S/C13H6ClF2NO2S/c14-12-17-10(13(15,16)11(18)19)9(20-12)7-6-8-4-2-1-3-5-8/h1-5H,(H,18,19). The van der Waals surface area contributed by atoms with Gasteiger partial charge in [0.2, 0.25) is 0 Å². The van der Waals surface area contributed by atoms with E-state index >= 15 is 0 Å². The van der Waals surface area contributed by atoms with Crippen molar-refractivity contribution < 1.29 is 18.7 Å². The van der Waals surface area contributed by atoms with Gasteiger partial charge in [-0.15, -0.1) is 0 Å². The predicted octanol–water partition coefficient (Wildman–Crippen LogP) is 3.37. The molecule has 7 heteroatoms. The molecule has 1 aromatic carbocycles. The molecule has 0 aliphatic heterocycles. The monoisotopic (exact) mass is 313 g/mol. The molecule has 2 rings (SSSR count).